The molecule has 1 heterocycles. The van der Waals surface area contributed by atoms with Gasteiger partial charge in [0.05, 0.1) is 0 Å². The average molecular weight is 386 g/mol. The highest BCUT2D eigenvalue weighted by molar-refractivity contribution is 5.84. The van der Waals surface area contributed by atoms with Crippen LogP contribution in [0.1, 0.15) is 11.3 Å². The maximum atomic E-state index is 11.2. The van der Waals surface area contributed by atoms with Crippen LogP contribution in [0.15, 0.2) is 90.4 Å². The molecular formula is C24H18O5. The first-order chi connectivity index (χ1) is 14.1. The second-order valence-corrected chi connectivity index (χ2v) is 5.88. The highest BCUT2D eigenvalue weighted by Gasteiger charge is 2.05. The van der Waals surface area contributed by atoms with Crippen molar-refractivity contribution in [3.05, 3.63) is 97.3 Å². The van der Waals surface area contributed by atoms with E-state index >= 15 is 0 Å². The molecule has 0 radical (unpaired) electrons. The summed E-state index contributed by atoms with van der Waals surface area (Å²) < 4.78 is 15.9. The molecule has 0 atom stereocenters. The molecule has 3 rings (SSSR count). The number of furan rings is 1. The predicted octanol–water partition coefficient (Wildman–Crippen LogP) is 5.30. The van der Waals surface area contributed by atoms with Gasteiger partial charge < -0.3 is 13.9 Å². The molecule has 0 spiro atoms. The smallest absolute Gasteiger partial charge is 0.335 e. The van der Waals surface area contributed by atoms with Crippen molar-refractivity contribution >= 4 is 24.1 Å². The summed E-state index contributed by atoms with van der Waals surface area (Å²) in [7, 11) is 0. The summed E-state index contributed by atoms with van der Waals surface area (Å²) in [6.07, 6.45) is 5.96. The zero-order chi connectivity index (χ0) is 20.6. The first kappa shape index (κ1) is 19.6. The number of hydrogen-bond donors (Lipinski definition) is 0. The van der Waals surface area contributed by atoms with Gasteiger partial charge in [0, 0.05) is 17.7 Å². The van der Waals surface area contributed by atoms with E-state index in [1.807, 2.05) is 36.4 Å². The molecule has 0 aliphatic rings. The van der Waals surface area contributed by atoms with Gasteiger partial charge in [0.25, 0.3) is 0 Å². The number of carbonyl (C=O) groups excluding carboxylic acids is 2. The molecule has 2 aromatic carbocycles. The van der Waals surface area contributed by atoms with Crippen LogP contribution in [0, 0.1) is 0 Å². The molecule has 0 amide bonds. The Morgan fingerprint density at radius 2 is 1.28 bits per heavy atom. The van der Waals surface area contributed by atoms with Crippen LogP contribution in [-0.2, 0) is 9.59 Å². The summed E-state index contributed by atoms with van der Waals surface area (Å²) in [5, 5.41) is 0. The highest BCUT2D eigenvalue weighted by Crippen LogP contribution is 2.25. The minimum Gasteiger partial charge on any atom is -0.457 e. The van der Waals surface area contributed by atoms with Gasteiger partial charge in [0.1, 0.15) is 23.0 Å². The molecule has 144 valence electrons. The van der Waals surface area contributed by atoms with Crippen molar-refractivity contribution in [3.63, 3.8) is 0 Å². The Hall–Kier alpha value is -4.12. The number of benzene rings is 2. The Balaban J connectivity index is 1.65. The summed E-state index contributed by atoms with van der Waals surface area (Å²) in [5.41, 5.74) is 1.78. The minimum atomic E-state index is -0.505. The number of ether oxygens (including phenoxy) is 2. The van der Waals surface area contributed by atoms with Crippen molar-refractivity contribution in [1.82, 2.24) is 0 Å². The Morgan fingerprint density at radius 1 is 0.724 bits per heavy atom. The van der Waals surface area contributed by atoms with Crippen LogP contribution in [0.3, 0.4) is 0 Å². The van der Waals surface area contributed by atoms with Crippen LogP contribution in [0.25, 0.3) is 23.5 Å². The van der Waals surface area contributed by atoms with E-state index in [-0.39, 0.29) is 0 Å². The predicted molar refractivity (Wildman–Crippen MR) is 111 cm³/mol. The summed E-state index contributed by atoms with van der Waals surface area (Å²) in [6.45, 7) is 6.72. The van der Waals surface area contributed by atoms with E-state index in [4.69, 9.17) is 13.9 Å². The maximum absolute atomic E-state index is 11.2. The molecule has 1 aromatic heterocycles. The third-order valence-corrected chi connectivity index (χ3v) is 3.86. The monoisotopic (exact) mass is 386 g/mol. The largest absolute Gasteiger partial charge is 0.457 e. The quantitative estimate of drug-likeness (QED) is 0.313. The molecule has 0 unspecified atom stereocenters. The molecular weight excluding hydrogens is 368 g/mol. The number of esters is 2. The molecule has 0 fully saturated rings. The van der Waals surface area contributed by atoms with Crippen molar-refractivity contribution in [3.8, 4) is 22.8 Å². The normalized spacial score (nSPS) is 10.5. The van der Waals surface area contributed by atoms with Gasteiger partial charge in [-0.05, 0) is 60.2 Å². The molecule has 0 aliphatic carbocycles. The van der Waals surface area contributed by atoms with Crippen LogP contribution in [0.5, 0.6) is 11.5 Å². The zero-order valence-corrected chi connectivity index (χ0v) is 15.5. The molecule has 5 nitrogen and oxygen atoms in total. The van der Waals surface area contributed by atoms with E-state index in [1.165, 1.54) is 0 Å². The lowest BCUT2D eigenvalue weighted by Crippen LogP contribution is -2.02. The molecule has 3 aromatic rings. The van der Waals surface area contributed by atoms with Crippen molar-refractivity contribution in [2.24, 2.45) is 0 Å². The summed E-state index contributed by atoms with van der Waals surface area (Å²) in [5.74, 6) is 1.27. The molecule has 29 heavy (non-hydrogen) atoms. The van der Waals surface area contributed by atoms with Crippen molar-refractivity contribution < 1.29 is 23.5 Å². The molecule has 0 saturated carbocycles. The lowest BCUT2D eigenvalue weighted by atomic mass is 10.2. The topological polar surface area (TPSA) is 65.7 Å². The molecule has 0 saturated heterocycles. The van der Waals surface area contributed by atoms with Crippen LogP contribution in [-0.4, -0.2) is 11.9 Å². The Labute approximate surface area is 168 Å². The zero-order valence-electron chi connectivity index (χ0n) is 15.5. The van der Waals surface area contributed by atoms with Gasteiger partial charge in [-0.25, -0.2) is 9.59 Å². The fourth-order valence-electron chi connectivity index (χ4n) is 2.43. The van der Waals surface area contributed by atoms with Gasteiger partial charge in [-0.1, -0.05) is 31.4 Å². The molecule has 0 N–H and O–H groups in total. The standard InChI is InChI=1S/C24H18O5/c1-3-23(25)28-20-11-6-17(7-12-20)5-10-19-15-16-22(27-19)18-8-13-21(14-9-18)29-24(26)4-2/h3-16H,1-2H2. The van der Waals surface area contributed by atoms with E-state index in [0.717, 1.165) is 23.3 Å². The highest BCUT2D eigenvalue weighted by atomic mass is 16.5. The second kappa shape index (κ2) is 9.19. The van der Waals surface area contributed by atoms with E-state index in [2.05, 4.69) is 13.2 Å². The number of hydrogen-bond acceptors (Lipinski definition) is 5. The lowest BCUT2D eigenvalue weighted by molar-refractivity contribution is -0.129. The third kappa shape index (κ3) is 5.43. The molecule has 0 aliphatic heterocycles. The Morgan fingerprint density at radius 3 is 1.83 bits per heavy atom. The van der Waals surface area contributed by atoms with Gasteiger partial charge in [0.2, 0.25) is 0 Å². The lowest BCUT2D eigenvalue weighted by Gasteiger charge is -2.02. The van der Waals surface area contributed by atoms with Gasteiger partial charge in [-0.3, -0.25) is 0 Å². The van der Waals surface area contributed by atoms with Crippen molar-refractivity contribution in [1.29, 1.82) is 0 Å². The average Bonchev–Trinajstić information content (AvgIpc) is 3.22. The van der Waals surface area contributed by atoms with Crippen LogP contribution < -0.4 is 9.47 Å². The Bertz CT molecular complexity index is 1050. The number of carbonyl (C=O) groups is 2. The maximum Gasteiger partial charge on any atom is 0.335 e. The molecule has 5 heteroatoms. The van der Waals surface area contributed by atoms with E-state index < -0.39 is 11.9 Å². The van der Waals surface area contributed by atoms with Gasteiger partial charge in [-0.15, -0.1) is 0 Å². The summed E-state index contributed by atoms with van der Waals surface area (Å²) in [6, 6.07) is 17.8. The fraction of sp³-hybridized carbons (Fsp3) is 0. The first-order valence-electron chi connectivity index (χ1n) is 8.74. The van der Waals surface area contributed by atoms with Crippen molar-refractivity contribution in [2.45, 2.75) is 0 Å². The molecule has 0 bridgehead atoms. The van der Waals surface area contributed by atoms with E-state index in [0.29, 0.717) is 23.0 Å². The summed E-state index contributed by atoms with van der Waals surface area (Å²) in [4.78, 5) is 22.4. The van der Waals surface area contributed by atoms with Gasteiger partial charge >= 0.3 is 11.9 Å². The van der Waals surface area contributed by atoms with Gasteiger partial charge in [-0.2, -0.15) is 0 Å². The van der Waals surface area contributed by atoms with E-state index in [9.17, 15) is 9.59 Å². The SMILES string of the molecule is C=CC(=O)Oc1ccc(C=Cc2ccc(-c3ccc(OC(=O)C=C)cc3)o2)cc1. The Kier molecular flexibility index (Phi) is 6.22. The van der Waals surface area contributed by atoms with Crippen molar-refractivity contribution in [2.75, 3.05) is 0 Å². The third-order valence-electron chi connectivity index (χ3n) is 3.86. The van der Waals surface area contributed by atoms with E-state index in [1.54, 1.807) is 36.4 Å². The number of rotatable bonds is 7. The first-order valence-corrected chi connectivity index (χ1v) is 8.74. The fourth-order valence-corrected chi connectivity index (χ4v) is 2.43. The van der Waals surface area contributed by atoms with Gasteiger partial charge in [0.15, 0.2) is 0 Å². The van der Waals surface area contributed by atoms with Crippen LogP contribution in [0.4, 0.5) is 0 Å². The van der Waals surface area contributed by atoms with Crippen LogP contribution >= 0.6 is 0 Å². The van der Waals surface area contributed by atoms with Crippen LogP contribution in [0.2, 0.25) is 0 Å². The minimum absolute atomic E-state index is 0.438. The second-order valence-electron chi connectivity index (χ2n) is 5.88. The summed E-state index contributed by atoms with van der Waals surface area (Å²) >= 11 is 0.